The molecule has 2 rings (SSSR count). The molecule has 0 heterocycles. The molecule has 1 aromatic rings. The molecule has 0 aromatic heterocycles. The van der Waals surface area contributed by atoms with Gasteiger partial charge in [-0.3, -0.25) is 4.79 Å². The summed E-state index contributed by atoms with van der Waals surface area (Å²) in [5, 5.41) is 12.5. The largest absolute Gasteiger partial charge is 0.504 e. The van der Waals surface area contributed by atoms with Gasteiger partial charge in [0.1, 0.15) is 0 Å². The molecule has 5 nitrogen and oxygen atoms in total. The summed E-state index contributed by atoms with van der Waals surface area (Å²) >= 11 is 0. The zero-order valence-corrected chi connectivity index (χ0v) is 11.1. The SMILES string of the molecule is COc1ccc(C(=O)NCC2CCC(N)C2)cc1O. The molecule has 5 heteroatoms. The summed E-state index contributed by atoms with van der Waals surface area (Å²) in [4.78, 5) is 11.9. The van der Waals surface area contributed by atoms with Crippen LogP contribution in [0.25, 0.3) is 0 Å². The fraction of sp³-hybridized carbons (Fsp3) is 0.500. The molecule has 1 saturated carbocycles. The highest BCUT2D eigenvalue weighted by molar-refractivity contribution is 5.94. The van der Waals surface area contributed by atoms with E-state index in [1.54, 1.807) is 12.1 Å². The van der Waals surface area contributed by atoms with Crippen LogP contribution in [0.4, 0.5) is 0 Å². The second kappa shape index (κ2) is 5.93. The van der Waals surface area contributed by atoms with Crippen molar-refractivity contribution in [2.75, 3.05) is 13.7 Å². The first-order chi connectivity index (χ1) is 9.10. The molecule has 2 unspecified atom stereocenters. The van der Waals surface area contributed by atoms with E-state index < -0.39 is 0 Å². The van der Waals surface area contributed by atoms with Crippen molar-refractivity contribution in [1.82, 2.24) is 5.32 Å². The highest BCUT2D eigenvalue weighted by atomic mass is 16.5. The highest BCUT2D eigenvalue weighted by Gasteiger charge is 2.22. The molecule has 1 aliphatic carbocycles. The Morgan fingerprint density at radius 2 is 2.32 bits per heavy atom. The molecule has 0 bridgehead atoms. The molecule has 19 heavy (non-hydrogen) atoms. The van der Waals surface area contributed by atoms with Gasteiger partial charge in [-0.15, -0.1) is 0 Å². The number of rotatable bonds is 4. The molecule has 0 aliphatic heterocycles. The molecule has 1 aliphatic rings. The van der Waals surface area contributed by atoms with Crippen LogP contribution in [0, 0.1) is 5.92 Å². The number of phenols is 1. The second-order valence-corrected chi connectivity index (χ2v) is 5.04. The zero-order chi connectivity index (χ0) is 13.8. The number of carbonyl (C=O) groups is 1. The first-order valence-corrected chi connectivity index (χ1v) is 6.51. The Labute approximate surface area is 112 Å². The van der Waals surface area contributed by atoms with Crippen LogP contribution >= 0.6 is 0 Å². The van der Waals surface area contributed by atoms with Crippen LogP contribution in [0.1, 0.15) is 29.6 Å². The summed E-state index contributed by atoms with van der Waals surface area (Å²) in [5.41, 5.74) is 6.27. The maximum Gasteiger partial charge on any atom is 0.251 e. The minimum absolute atomic E-state index is 0.0296. The van der Waals surface area contributed by atoms with Gasteiger partial charge in [-0.25, -0.2) is 0 Å². The van der Waals surface area contributed by atoms with Gasteiger partial charge in [-0.05, 0) is 43.4 Å². The highest BCUT2D eigenvalue weighted by Crippen LogP contribution is 2.26. The maximum atomic E-state index is 11.9. The number of aromatic hydroxyl groups is 1. The van der Waals surface area contributed by atoms with Crippen molar-refractivity contribution in [1.29, 1.82) is 0 Å². The number of carbonyl (C=O) groups excluding carboxylic acids is 1. The number of amides is 1. The van der Waals surface area contributed by atoms with E-state index >= 15 is 0 Å². The Balaban J connectivity index is 1.91. The number of ether oxygens (including phenoxy) is 1. The lowest BCUT2D eigenvalue weighted by Crippen LogP contribution is -2.29. The molecule has 0 spiro atoms. The van der Waals surface area contributed by atoms with Gasteiger partial charge in [0.2, 0.25) is 0 Å². The molecule has 0 radical (unpaired) electrons. The Bertz CT molecular complexity index is 462. The minimum Gasteiger partial charge on any atom is -0.504 e. The third-order valence-corrected chi connectivity index (χ3v) is 3.57. The van der Waals surface area contributed by atoms with Gasteiger partial charge in [0.25, 0.3) is 5.91 Å². The molecule has 0 saturated heterocycles. The predicted molar refractivity (Wildman–Crippen MR) is 72.3 cm³/mol. The number of phenolic OH excluding ortho intramolecular Hbond substituents is 1. The molecule has 104 valence electrons. The molecular formula is C14H20N2O3. The van der Waals surface area contributed by atoms with E-state index in [9.17, 15) is 9.90 Å². The van der Waals surface area contributed by atoms with Crippen LogP contribution in [0.2, 0.25) is 0 Å². The Morgan fingerprint density at radius 3 is 2.89 bits per heavy atom. The smallest absolute Gasteiger partial charge is 0.251 e. The van der Waals surface area contributed by atoms with Gasteiger partial charge in [0.05, 0.1) is 7.11 Å². The lowest BCUT2D eigenvalue weighted by molar-refractivity contribution is 0.0947. The van der Waals surface area contributed by atoms with Gasteiger partial charge in [0, 0.05) is 18.2 Å². The monoisotopic (exact) mass is 264 g/mol. The molecule has 4 N–H and O–H groups in total. The first-order valence-electron chi connectivity index (χ1n) is 6.51. The van der Waals surface area contributed by atoms with Crippen LogP contribution in [0.15, 0.2) is 18.2 Å². The lowest BCUT2D eigenvalue weighted by atomic mass is 10.1. The molecule has 1 amide bonds. The summed E-state index contributed by atoms with van der Waals surface area (Å²) in [6.07, 6.45) is 3.06. The Hall–Kier alpha value is -1.75. The van der Waals surface area contributed by atoms with E-state index in [0.29, 0.717) is 23.8 Å². The number of nitrogens with one attached hydrogen (secondary N) is 1. The fourth-order valence-electron chi connectivity index (χ4n) is 2.47. The molecule has 1 aromatic carbocycles. The second-order valence-electron chi connectivity index (χ2n) is 5.04. The average molecular weight is 264 g/mol. The van der Waals surface area contributed by atoms with Crippen molar-refractivity contribution in [3.8, 4) is 11.5 Å². The van der Waals surface area contributed by atoms with Gasteiger partial charge in [-0.2, -0.15) is 0 Å². The van der Waals surface area contributed by atoms with E-state index in [4.69, 9.17) is 10.5 Å². The van der Waals surface area contributed by atoms with Crippen molar-refractivity contribution in [2.24, 2.45) is 11.7 Å². The predicted octanol–water partition coefficient (Wildman–Crippen LogP) is 1.26. The topological polar surface area (TPSA) is 84.6 Å². The summed E-state index contributed by atoms with van der Waals surface area (Å²) in [7, 11) is 1.47. The number of hydrogen-bond donors (Lipinski definition) is 3. The lowest BCUT2D eigenvalue weighted by Gasteiger charge is -2.11. The molecular weight excluding hydrogens is 244 g/mol. The van der Waals surface area contributed by atoms with Crippen molar-refractivity contribution >= 4 is 5.91 Å². The van der Waals surface area contributed by atoms with Crippen LogP contribution in [-0.2, 0) is 0 Å². The van der Waals surface area contributed by atoms with Crippen LogP contribution in [-0.4, -0.2) is 30.7 Å². The Morgan fingerprint density at radius 1 is 1.53 bits per heavy atom. The van der Waals surface area contributed by atoms with Gasteiger partial charge in [-0.1, -0.05) is 0 Å². The van der Waals surface area contributed by atoms with E-state index in [1.807, 2.05) is 0 Å². The van der Waals surface area contributed by atoms with Crippen molar-refractivity contribution in [2.45, 2.75) is 25.3 Å². The average Bonchev–Trinajstić information content (AvgIpc) is 2.81. The van der Waals surface area contributed by atoms with Crippen LogP contribution in [0.3, 0.4) is 0 Å². The van der Waals surface area contributed by atoms with Crippen molar-refractivity contribution in [3.63, 3.8) is 0 Å². The van der Waals surface area contributed by atoms with E-state index in [0.717, 1.165) is 19.3 Å². The van der Waals surface area contributed by atoms with Gasteiger partial charge >= 0.3 is 0 Å². The van der Waals surface area contributed by atoms with Crippen LogP contribution in [0.5, 0.6) is 11.5 Å². The zero-order valence-electron chi connectivity index (χ0n) is 11.1. The summed E-state index contributed by atoms with van der Waals surface area (Å²) < 4.78 is 4.94. The van der Waals surface area contributed by atoms with Crippen LogP contribution < -0.4 is 15.8 Å². The first kappa shape index (κ1) is 13.7. The Kier molecular flexibility index (Phi) is 4.27. The van der Waals surface area contributed by atoms with Crippen molar-refractivity contribution in [3.05, 3.63) is 23.8 Å². The van der Waals surface area contributed by atoms with Crippen molar-refractivity contribution < 1.29 is 14.6 Å². The number of nitrogens with two attached hydrogens (primary N) is 1. The summed E-state index contributed by atoms with van der Waals surface area (Å²) in [5.74, 6) is 0.612. The molecule has 1 fully saturated rings. The quantitative estimate of drug-likeness (QED) is 0.764. The number of methoxy groups -OCH3 is 1. The molecule has 2 atom stereocenters. The normalized spacial score (nSPS) is 22.2. The van der Waals surface area contributed by atoms with E-state index in [2.05, 4.69) is 5.32 Å². The summed E-state index contributed by atoms with van der Waals surface area (Å²) in [6, 6.07) is 4.89. The third-order valence-electron chi connectivity index (χ3n) is 3.57. The van der Waals surface area contributed by atoms with E-state index in [-0.39, 0.29) is 17.7 Å². The van der Waals surface area contributed by atoms with Gasteiger partial charge < -0.3 is 20.9 Å². The fourth-order valence-corrected chi connectivity index (χ4v) is 2.47. The maximum absolute atomic E-state index is 11.9. The van der Waals surface area contributed by atoms with Gasteiger partial charge in [0.15, 0.2) is 11.5 Å². The third kappa shape index (κ3) is 3.38. The minimum atomic E-state index is -0.182. The standard InChI is InChI=1S/C14H20N2O3/c1-19-13-5-3-10(7-12(13)17)14(18)16-8-9-2-4-11(15)6-9/h3,5,7,9,11,17H,2,4,6,8,15H2,1H3,(H,16,18). The number of benzene rings is 1. The number of hydrogen-bond acceptors (Lipinski definition) is 4. The van der Waals surface area contributed by atoms with E-state index in [1.165, 1.54) is 13.2 Å². The summed E-state index contributed by atoms with van der Waals surface area (Å²) in [6.45, 7) is 0.638.